The summed E-state index contributed by atoms with van der Waals surface area (Å²) in [4.78, 5) is 0. The number of ether oxygens (including phenoxy) is 2. The lowest BCUT2D eigenvalue weighted by Crippen LogP contribution is -2.33. The van der Waals surface area contributed by atoms with Gasteiger partial charge >= 0.3 is 0 Å². The molecule has 0 saturated heterocycles. The number of aryl methyl sites for hydroxylation is 1. The lowest BCUT2D eigenvalue weighted by Gasteiger charge is -2.38. The Morgan fingerprint density at radius 1 is 1.03 bits per heavy atom. The standard InChI is InChI=1S/C24H20Cl2N2O2/c1-14-3-5-15(6-4-14)21-13-22-19-11-17(25)12-20(26)23(19)30-24(28(22)27-21)16-7-9-18(29-2)10-8-16/h3-12,22,24H,13H2,1-2H3/t22-,24-/m1/s1. The van der Waals surface area contributed by atoms with Gasteiger partial charge in [0.05, 0.1) is 23.9 Å². The predicted molar refractivity (Wildman–Crippen MR) is 120 cm³/mol. The Bertz CT molecular complexity index is 1130. The van der Waals surface area contributed by atoms with E-state index in [0.717, 1.165) is 34.6 Å². The lowest BCUT2D eigenvalue weighted by atomic mass is 9.95. The van der Waals surface area contributed by atoms with Gasteiger partial charge in [-0.15, -0.1) is 0 Å². The molecule has 0 radical (unpaired) electrons. The molecule has 0 N–H and O–H groups in total. The van der Waals surface area contributed by atoms with Crippen LogP contribution < -0.4 is 9.47 Å². The van der Waals surface area contributed by atoms with E-state index in [2.05, 4.69) is 31.2 Å². The largest absolute Gasteiger partial charge is 0.497 e. The molecule has 0 aliphatic carbocycles. The van der Waals surface area contributed by atoms with Crippen LogP contribution in [-0.4, -0.2) is 17.8 Å². The molecule has 0 unspecified atom stereocenters. The fourth-order valence-corrected chi connectivity index (χ4v) is 4.58. The summed E-state index contributed by atoms with van der Waals surface area (Å²) in [7, 11) is 1.65. The van der Waals surface area contributed by atoms with Gasteiger partial charge in [0.25, 0.3) is 0 Å². The van der Waals surface area contributed by atoms with Crippen LogP contribution in [0.15, 0.2) is 65.8 Å². The molecule has 0 bridgehead atoms. The van der Waals surface area contributed by atoms with Crippen molar-refractivity contribution in [1.82, 2.24) is 5.01 Å². The number of nitrogens with zero attached hydrogens (tertiary/aromatic N) is 2. The average molecular weight is 439 g/mol. The molecule has 2 aliphatic rings. The van der Waals surface area contributed by atoms with E-state index in [1.807, 2.05) is 35.3 Å². The summed E-state index contributed by atoms with van der Waals surface area (Å²) in [5.41, 5.74) is 5.29. The molecule has 6 heteroatoms. The molecular formula is C24H20Cl2N2O2. The molecule has 5 rings (SSSR count). The second-order valence-corrected chi connectivity index (χ2v) is 8.41. The number of halogens is 2. The van der Waals surface area contributed by atoms with Crippen LogP contribution in [0.4, 0.5) is 0 Å². The van der Waals surface area contributed by atoms with E-state index in [-0.39, 0.29) is 6.04 Å². The minimum Gasteiger partial charge on any atom is -0.497 e. The zero-order valence-electron chi connectivity index (χ0n) is 16.6. The summed E-state index contributed by atoms with van der Waals surface area (Å²) in [5, 5.41) is 8.10. The van der Waals surface area contributed by atoms with Crippen LogP contribution in [0, 0.1) is 6.92 Å². The Hall–Kier alpha value is -2.69. The molecule has 0 aromatic heterocycles. The Kier molecular flexibility index (Phi) is 4.84. The number of fused-ring (bicyclic) bond motifs is 3. The van der Waals surface area contributed by atoms with Crippen LogP contribution in [0.25, 0.3) is 0 Å². The first kappa shape index (κ1) is 19.3. The Morgan fingerprint density at radius 3 is 2.47 bits per heavy atom. The summed E-state index contributed by atoms with van der Waals surface area (Å²) in [5.74, 6) is 1.46. The van der Waals surface area contributed by atoms with Gasteiger partial charge in [0.1, 0.15) is 11.5 Å². The molecule has 0 spiro atoms. The smallest absolute Gasteiger partial charge is 0.213 e. The van der Waals surface area contributed by atoms with Gasteiger partial charge in [-0.3, -0.25) is 0 Å². The first-order chi connectivity index (χ1) is 14.5. The van der Waals surface area contributed by atoms with Crippen LogP contribution >= 0.6 is 23.2 Å². The molecular weight excluding hydrogens is 419 g/mol. The second kappa shape index (κ2) is 7.53. The van der Waals surface area contributed by atoms with E-state index in [1.165, 1.54) is 5.56 Å². The summed E-state index contributed by atoms with van der Waals surface area (Å²) in [6, 6.07) is 19.9. The maximum Gasteiger partial charge on any atom is 0.213 e. The molecule has 0 amide bonds. The van der Waals surface area contributed by atoms with Crippen molar-refractivity contribution in [2.75, 3.05) is 7.11 Å². The van der Waals surface area contributed by atoms with Gasteiger partial charge in [-0.2, -0.15) is 5.10 Å². The molecule has 0 saturated carbocycles. The SMILES string of the molecule is COc1ccc([C@H]2Oc3c(Cl)cc(Cl)cc3[C@H]3CC(c4ccc(C)cc4)=NN32)cc1. The van der Waals surface area contributed by atoms with E-state index < -0.39 is 6.23 Å². The third-order valence-electron chi connectivity index (χ3n) is 5.59. The van der Waals surface area contributed by atoms with E-state index >= 15 is 0 Å². The van der Waals surface area contributed by atoms with E-state index in [0.29, 0.717) is 15.8 Å². The van der Waals surface area contributed by atoms with Gasteiger partial charge in [0.15, 0.2) is 0 Å². The molecule has 2 heterocycles. The van der Waals surface area contributed by atoms with Gasteiger partial charge in [-0.05, 0) is 48.9 Å². The predicted octanol–water partition coefficient (Wildman–Crippen LogP) is 6.55. The highest BCUT2D eigenvalue weighted by atomic mass is 35.5. The zero-order chi connectivity index (χ0) is 20.8. The molecule has 0 fully saturated rings. The van der Waals surface area contributed by atoms with Crippen molar-refractivity contribution >= 4 is 28.9 Å². The molecule has 4 nitrogen and oxygen atoms in total. The zero-order valence-corrected chi connectivity index (χ0v) is 18.1. The normalized spacial score (nSPS) is 19.6. The van der Waals surface area contributed by atoms with Crippen LogP contribution in [0.2, 0.25) is 10.0 Å². The fraction of sp³-hybridized carbons (Fsp3) is 0.208. The second-order valence-electron chi connectivity index (χ2n) is 7.56. The van der Waals surface area contributed by atoms with Crippen molar-refractivity contribution in [2.45, 2.75) is 25.6 Å². The minimum absolute atomic E-state index is 0.00615. The Morgan fingerprint density at radius 2 is 1.77 bits per heavy atom. The van der Waals surface area contributed by atoms with E-state index in [9.17, 15) is 0 Å². The van der Waals surface area contributed by atoms with Gasteiger partial charge in [0.2, 0.25) is 6.23 Å². The summed E-state index contributed by atoms with van der Waals surface area (Å²) >= 11 is 12.8. The average Bonchev–Trinajstić information content (AvgIpc) is 3.20. The van der Waals surface area contributed by atoms with Crippen molar-refractivity contribution in [3.05, 3.63) is 93.0 Å². The summed E-state index contributed by atoms with van der Waals surface area (Å²) in [6.45, 7) is 2.08. The number of hydrogen-bond donors (Lipinski definition) is 0. The molecule has 3 aromatic carbocycles. The number of hydrogen-bond acceptors (Lipinski definition) is 4. The van der Waals surface area contributed by atoms with Gasteiger partial charge in [-0.1, -0.05) is 53.0 Å². The monoisotopic (exact) mass is 438 g/mol. The minimum atomic E-state index is -0.393. The summed E-state index contributed by atoms with van der Waals surface area (Å²) < 4.78 is 11.7. The van der Waals surface area contributed by atoms with Gasteiger partial charge < -0.3 is 9.47 Å². The van der Waals surface area contributed by atoms with E-state index in [1.54, 1.807) is 13.2 Å². The number of hydrazone groups is 1. The number of benzene rings is 3. The Labute approximate surface area is 185 Å². The number of rotatable bonds is 3. The maximum absolute atomic E-state index is 6.52. The highest BCUT2D eigenvalue weighted by Crippen LogP contribution is 2.50. The van der Waals surface area contributed by atoms with Gasteiger partial charge in [0, 0.05) is 22.6 Å². The van der Waals surface area contributed by atoms with Crippen molar-refractivity contribution in [1.29, 1.82) is 0 Å². The fourth-order valence-electron chi connectivity index (χ4n) is 4.02. The van der Waals surface area contributed by atoms with Crippen molar-refractivity contribution < 1.29 is 9.47 Å². The third-order valence-corrected chi connectivity index (χ3v) is 6.09. The highest BCUT2D eigenvalue weighted by Gasteiger charge is 2.42. The van der Waals surface area contributed by atoms with Gasteiger partial charge in [-0.25, -0.2) is 5.01 Å². The van der Waals surface area contributed by atoms with Crippen LogP contribution in [0.1, 0.15) is 40.9 Å². The molecule has 3 aromatic rings. The quantitative estimate of drug-likeness (QED) is 0.464. The first-order valence-corrected chi connectivity index (χ1v) is 10.5. The first-order valence-electron chi connectivity index (χ1n) is 9.76. The molecule has 152 valence electrons. The number of methoxy groups -OCH3 is 1. The summed E-state index contributed by atoms with van der Waals surface area (Å²) in [6.07, 6.45) is 0.359. The molecule has 2 aliphatic heterocycles. The van der Waals surface area contributed by atoms with Crippen molar-refractivity contribution in [3.63, 3.8) is 0 Å². The lowest BCUT2D eigenvalue weighted by molar-refractivity contribution is -0.0189. The topological polar surface area (TPSA) is 34.1 Å². The Balaban J connectivity index is 1.60. The highest BCUT2D eigenvalue weighted by molar-refractivity contribution is 6.35. The van der Waals surface area contributed by atoms with Crippen molar-refractivity contribution in [2.24, 2.45) is 5.10 Å². The van der Waals surface area contributed by atoms with Crippen LogP contribution in [0.5, 0.6) is 11.5 Å². The van der Waals surface area contributed by atoms with Crippen LogP contribution in [0.3, 0.4) is 0 Å². The van der Waals surface area contributed by atoms with Crippen LogP contribution in [-0.2, 0) is 0 Å². The van der Waals surface area contributed by atoms with Crippen molar-refractivity contribution in [3.8, 4) is 11.5 Å². The molecule has 2 atom stereocenters. The third kappa shape index (κ3) is 3.30. The van der Waals surface area contributed by atoms with E-state index in [4.69, 9.17) is 37.8 Å². The molecule has 30 heavy (non-hydrogen) atoms. The maximum atomic E-state index is 6.52.